The molecule has 2 rings (SSSR count). The van der Waals surface area contributed by atoms with Gasteiger partial charge in [0, 0.05) is 38.3 Å². The first kappa shape index (κ1) is 16.4. The number of halogens is 2. The quantitative estimate of drug-likeness (QED) is 0.818. The third kappa shape index (κ3) is 5.05. The van der Waals surface area contributed by atoms with E-state index in [0.717, 1.165) is 39.1 Å². The molecule has 6 heteroatoms. The van der Waals surface area contributed by atoms with E-state index in [1.807, 2.05) is 0 Å². The molecule has 1 aliphatic rings. The van der Waals surface area contributed by atoms with Gasteiger partial charge in [-0.1, -0.05) is 0 Å². The zero-order valence-corrected chi connectivity index (χ0v) is 13.8. The minimum atomic E-state index is -0.360. The van der Waals surface area contributed by atoms with Crippen molar-refractivity contribution in [3.63, 3.8) is 0 Å². The van der Waals surface area contributed by atoms with Gasteiger partial charge in [-0.3, -0.25) is 4.79 Å². The van der Waals surface area contributed by atoms with E-state index >= 15 is 0 Å². The van der Waals surface area contributed by atoms with E-state index in [1.165, 1.54) is 18.2 Å². The molecule has 21 heavy (non-hydrogen) atoms. The molecule has 1 fully saturated rings. The topological polar surface area (TPSA) is 35.6 Å². The van der Waals surface area contributed by atoms with Crippen LogP contribution in [-0.2, 0) is 0 Å². The molecule has 0 aromatic heterocycles. The normalized spacial score (nSPS) is 16.9. The van der Waals surface area contributed by atoms with Gasteiger partial charge in [-0.2, -0.15) is 0 Å². The average molecular weight is 358 g/mol. The number of rotatable bonds is 5. The largest absolute Gasteiger partial charge is 0.352 e. The number of piperazine rings is 1. The number of hydrogen-bond acceptors (Lipinski definition) is 3. The Morgan fingerprint density at radius 2 is 2.05 bits per heavy atom. The van der Waals surface area contributed by atoms with Gasteiger partial charge < -0.3 is 15.1 Å². The lowest BCUT2D eigenvalue weighted by atomic mass is 10.2. The molecule has 1 heterocycles. The van der Waals surface area contributed by atoms with Gasteiger partial charge in [0.2, 0.25) is 0 Å². The van der Waals surface area contributed by atoms with E-state index in [9.17, 15) is 9.18 Å². The molecule has 1 N–H and O–H groups in total. The zero-order valence-electron chi connectivity index (χ0n) is 12.2. The second kappa shape index (κ2) is 7.87. The molecule has 0 saturated carbocycles. The maximum Gasteiger partial charge on any atom is 0.251 e. The van der Waals surface area contributed by atoms with Crippen LogP contribution in [0, 0.1) is 5.82 Å². The summed E-state index contributed by atoms with van der Waals surface area (Å²) in [5.41, 5.74) is 0.475. The van der Waals surface area contributed by atoms with E-state index in [4.69, 9.17) is 0 Å². The summed E-state index contributed by atoms with van der Waals surface area (Å²) in [7, 11) is 2.14. The van der Waals surface area contributed by atoms with Crippen molar-refractivity contribution in [1.29, 1.82) is 0 Å². The van der Waals surface area contributed by atoms with E-state index in [0.29, 0.717) is 16.6 Å². The number of nitrogens with zero attached hydrogens (tertiary/aromatic N) is 2. The summed E-state index contributed by atoms with van der Waals surface area (Å²) >= 11 is 3.09. The Kier molecular flexibility index (Phi) is 6.14. The smallest absolute Gasteiger partial charge is 0.251 e. The van der Waals surface area contributed by atoms with Gasteiger partial charge >= 0.3 is 0 Å². The second-order valence-corrected chi connectivity index (χ2v) is 6.24. The van der Waals surface area contributed by atoms with Crippen LogP contribution in [0.15, 0.2) is 22.7 Å². The van der Waals surface area contributed by atoms with Gasteiger partial charge in [-0.15, -0.1) is 0 Å². The molecule has 4 nitrogen and oxygen atoms in total. The highest BCUT2D eigenvalue weighted by molar-refractivity contribution is 9.10. The van der Waals surface area contributed by atoms with Crippen LogP contribution in [0.4, 0.5) is 4.39 Å². The molecule has 1 aromatic rings. The Balaban J connectivity index is 1.68. The lowest BCUT2D eigenvalue weighted by Gasteiger charge is -2.32. The van der Waals surface area contributed by atoms with Crippen LogP contribution in [0.25, 0.3) is 0 Å². The summed E-state index contributed by atoms with van der Waals surface area (Å²) < 4.78 is 13.4. The standard InChI is InChI=1S/C15H21BrFN3O/c1-19-7-9-20(10-8-19)6-2-5-18-15(21)12-3-4-14(17)13(16)11-12/h3-4,11H,2,5-10H2,1H3,(H,18,21). The fourth-order valence-corrected chi connectivity index (χ4v) is 2.69. The fraction of sp³-hybridized carbons (Fsp3) is 0.533. The minimum absolute atomic E-state index is 0.158. The summed E-state index contributed by atoms with van der Waals surface area (Å²) in [6.07, 6.45) is 0.928. The fourth-order valence-electron chi connectivity index (χ4n) is 2.32. The monoisotopic (exact) mass is 357 g/mol. The number of likely N-dealkylation sites (N-methyl/N-ethyl adjacent to an activating group) is 1. The van der Waals surface area contributed by atoms with E-state index in [1.54, 1.807) is 0 Å². The Morgan fingerprint density at radius 1 is 1.33 bits per heavy atom. The third-order valence-corrected chi connectivity index (χ3v) is 4.32. The Hall–Kier alpha value is -0.980. The van der Waals surface area contributed by atoms with Crippen LogP contribution in [0.1, 0.15) is 16.8 Å². The van der Waals surface area contributed by atoms with Gasteiger partial charge in [0.25, 0.3) is 5.91 Å². The summed E-state index contributed by atoms with van der Waals surface area (Å²) in [4.78, 5) is 16.7. The lowest BCUT2D eigenvalue weighted by molar-refractivity contribution is 0.0949. The van der Waals surface area contributed by atoms with Crippen molar-refractivity contribution < 1.29 is 9.18 Å². The van der Waals surface area contributed by atoms with E-state index in [2.05, 4.69) is 38.1 Å². The SMILES string of the molecule is CN1CCN(CCCNC(=O)c2ccc(F)c(Br)c2)CC1. The lowest BCUT2D eigenvalue weighted by Crippen LogP contribution is -2.45. The van der Waals surface area contributed by atoms with Gasteiger partial charge in [0.15, 0.2) is 0 Å². The Labute approximate surface area is 133 Å². The zero-order chi connectivity index (χ0) is 15.2. The van der Waals surface area contributed by atoms with Crippen molar-refractivity contribution in [1.82, 2.24) is 15.1 Å². The van der Waals surface area contributed by atoms with Crippen molar-refractivity contribution in [2.75, 3.05) is 46.3 Å². The van der Waals surface area contributed by atoms with E-state index in [-0.39, 0.29) is 11.7 Å². The number of hydrogen-bond donors (Lipinski definition) is 1. The summed E-state index contributed by atoms with van der Waals surface area (Å²) in [5.74, 6) is -0.518. The van der Waals surface area contributed by atoms with E-state index < -0.39 is 0 Å². The molecule has 0 spiro atoms. The second-order valence-electron chi connectivity index (χ2n) is 5.38. The van der Waals surface area contributed by atoms with Gasteiger partial charge in [-0.05, 0) is 54.1 Å². The molecule has 1 aromatic carbocycles. The molecular weight excluding hydrogens is 337 g/mol. The first-order valence-electron chi connectivity index (χ1n) is 7.20. The van der Waals surface area contributed by atoms with Gasteiger partial charge in [0.1, 0.15) is 5.82 Å². The van der Waals surface area contributed by atoms with Crippen LogP contribution in [-0.4, -0.2) is 62.0 Å². The molecule has 0 unspecified atom stereocenters. The van der Waals surface area contributed by atoms with Crippen LogP contribution < -0.4 is 5.32 Å². The number of amides is 1. The molecule has 0 bridgehead atoms. The Bertz CT molecular complexity index is 490. The van der Waals surface area contributed by atoms with Gasteiger partial charge in [-0.25, -0.2) is 4.39 Å². The van der Waals surface area contributed by atoms with Crippen molar-refractivity contribution in [2.24, 2.45) is 0 Å². The molecule has 0 aliphatic carbocycles. The first-order chi connectivity index (χ1) is 10.1. The third-order valence-electron chi connectivity index (χ3n) is 3.71. The number of carbonyl (C=O) groups excluding carboxylic acids is 1. The number of carbonyl (C=O) groups is 1. The van der Waals surface area contributed by atoms with Crippen molar-refractivity contribution in [3.8, 4) is 0 Å². The molecule has 1 amide bonds. The molecule has 1 aliphatic heterocycles. The van der Waals surface area contributed by atoms with Gasteiger partial charge in [0.05, 0.1) is 4.47 Å². The van der Waals surface area contributed by atoms with Crippen LogP contribution in [0.2, 0.25) is 0 Å². The molecule has 0 radical (unpaired) electrons. The predicted molar refractivity (Wildman–Crippen MR) is 85.0 cm³/mol. The highest BCUT2D eigenvalue weighted by Crippen LogP contribution is 2.16. The summed E-state index contributed by atoms with van der Waals surface area (Å²) in [6, 6.07) is 4.30. The highest BCUT2D eigenvalue weighted by atomic mass is 79.9. The van der Waals surface area contributed by atoms with Crippen molar-refractivity contribution >= 4 is 21.8 Å². The first-order valence-corrected chi connectivity index (χ1v) is 8.00. The van der Waals surface area contributed by atoms with Crippen LogP contribution in [0.5, 0.6) is 0 Å². The molecular formula is C15H21BrFN3O. The highest BCUT2D eigenvalue weighted by Gasteiger charge is 2.13. The molecule has 0 atom stereocenters. The van der Waals surface area contributed by atoms with Crippen LogP contribution >= 0.6 is 15.9 Å². The summed E-state index contributed by atoms with van der Waals surface area (Å²) in [5, 5.41) is 2.87. The van der Waals surface area contributed by atoms with Crippen molar-refractivity contribution in [2.45, 2.75) is 6.42 Å². The maximum absolute atomic E-state index is 13.1. The predicted octanol–water partition coefficient (Wildman–Crippen LogP) is 1.96. The maximum atomic E-state index is 13.1. The Morgan fingerprint density at radius 3 is 2.71 bits per heavy atom. The molecule has 116 valence electrons. The summed E-state index contributed by atoms with van der Waals surface area (Å²) in [6.45, 7) is 6.04. The average Bonchev–Trinajstić information content (AvgIpc) is 2.48. The number of benzene rings is 1. The number of nitrogens with one attached hydrogen (secondary N) is 1. The van der Waals surface area contributed by atoms with Crippen LogP contribution in [0.3, 0.4) is 0 Å². The van der Waals surface area contributed by atoms with Crippen molar-refractivity contribution in [3.05, 3.63) is 34.1 Å². The minimum Gasteiger partial charge on any atom is -0.352 e. The molecule has 1 saturated heterocycles.